The molecule has 0 unspecified atom stereocenters. The molecule has 0 amide bonds. The van der Waals surface area contributed by atoms with Crippen molar-refractivity contribution in [3.63, 3.8) is 0 Å². The maximum atomic E-state index is 11.5. The van der Waals surface area contributed by atoms with Crippen molar-refractivity contribution in [3.05, 3.63) is 65.2 Å². The number of aromatic hydroxyl groups is 1. The Bertz CT molecular complexity index is 608. The molecule has 0 aliphatic heterocycles. The third kappa shape index (κ3) is 4.17. The molecule has 0 aliphatic carbocycles. The zero-order valence-electron chi connectivity index (χ0n) is 12.5. The molecule has 110 valence electrons. The van der Waals surface area contributed by atoms with Crippen LogP contribution in [0.2, 0.25) is 0 Å². The largest absolute Gasteiger partial charge is 0.508 e. The van der Waals surface area contributed by atoms with E-state index >= 15 is 0 Å². The molecular weight excluding hydrogens is 262 g/mol. The standard InChI is InChI=1S/C18H21NO2/c1-3-19(12-15-7-5-4-6-8-15)13-17-11-16(14(2)20)9-10-18(17)21/h4-11,21H,3,12-13H2,1-2H3. The summed E-state index contributed by atoms with van der Waals surface area (Å²) in [7, 11) is 0. The van der Waals surface area contributed by atoms with Crippen molar-refractivity contribution in [1.82, 2.24) is 4.90 Å². The molecule has 1 N–H and O–H groups in total. The minimum Gasteiger partial charge on any atom is -0.508 e. The molecule has 2 rings (SSSR count). The molecule has 0 aliphatic rings. The number of hydrogen-bond acceptors (Lipinski definition) is 3. The lowest BCUT2D eigenvalue weighted by Crippen LogP contribution is -2.22. The van der Waals surface area contributed by atoms with Crippen LogP contribution in [0.25, 0.3) is 0 Å². The lowest BCUT2D eigenvalue weighted by atomic mass is 10.1. The van der Waals surface area contributed by atoms with E-state index in [0.29, 0.717) is 12.1 Å². The Labute approximate surface area is 125 Å². The number of benzene rings is 2. The van der Waals surface area contributed by atoms with Crippen molar-refractivity contribution >= 4 is 5.78 Å². The minimum absolute atomic E-state index is 0.0161. The average molecular weight is 283 g/mol. The van der Waals surface area contributed by atoms with E-state index in [9.17, 15) is 9.90 Å². The van der Waals surface area contributed by atoms with Gasteiger partial charge in [-0.15, -0.1) is 0 Å². The van der Waals surface area contributed by atoms with Crippen molar-refractivity contribution in [3.8, 4) is 5.75 Å². The summed E-state index contributed by atoms with van der Waals surface area (Å²) in [6.45, 7) is 5.95. The summed E-state index contributed by atoms with van der Waals surface area (Å²) in [4.78, 5) is 13.7. The van der Waals surface area contributed by atoms with Crippen molar-refractivity contribution in [2.75, 3.05) is 6.54 Å². The minimum atomic E-state index is 0.0161. The van der Waals surface area contributed by atoms with E-state index in [0.717, 1.165) is 18.7 Å². The van der Waals surface area contributed by atoms with Gasteiger partial charge >= 0.3 is 0 Å². The fourth-order valence-electron chi connectivity index (χ4n) is 2.29. The predicted octanol–water partition coefficient (Wildman–Crippen LogP) is 3.62. The normalized spacial score (nSPS) is 10.8. The molecule has 0 fully saturated rings. The van der Waals surface area contributed by atoms with E-state index in [2.05, 4.69) is 24.0 Å². The zero-order chi connectivity index (χ0) is 15.2. The summed E-state index contributed by atoms with van der Waals surface area (Å²) >= 11 is 0. The highest BCUT2D eigenvalue weighted by Gasteiger charge is 2.10. The number of rotatable bonds is 6. The Morgan fingerprint density at radius 1 is 1.10 bits per heavy atom. The van der Waals surface area contributed by atoms with Gasteiger partial charge in [-0.1, -0.05) is 37.3 Å². The summed E-state index contributed by atoms with van der Waals surface area (Å²) in [5.74, 6) is 0.258. The van der Waals surface area contributed by atoms with Crippen LogP contribution >= 0.6 is 0 Å². The molecule has 0 heterocycles. The fraction of sp³-hybridized carbons (Fsp3) is 0.278. The van der Waals surface area contributed by atoms with Crippen molar-refractivity contribution in [1.29, 1.82) is 0 Å². The fourth-order valence-corrected chi connectivity index (χ4v) is 2.29. The van der Waals surface area contributed by atoms with Gasteiger partial charge in [-0.2, -0.15) is 0 Å². The Hall–Kier alpha value is -2.13. The monoisotopic (exact) mass is 283 g/mol. The first-order chi connectivity index (χ1) is 10.1. The molecule has 21 heavy (non-hydrogen) atoms. The lowest BCUT2D eigenvalue weighted by Gasteiger charge is -2.21. The van der Waals surface area contributed by atoms with Gasteiger partial charge in [-0.25, -0.2) is 0 Å². The summed E-state index contributed by atoms with van der Waals surface area (Å²) in [5, 5.41) is 9.99. The Balaban J connectivity index is 2.14. The molecular formula is C18H21NO2. The molecule has 3 heteroatoms. The molecule has 0 saturated heterocycles. The molecule has 0 aromatic heterocycles. The van der Waals surface area contributed by atoms with Crippen molar-refractivity contribution in [2.45, 2.75) is 26.9 Å². The first-order valence-electron chi connectivity index (χ1n) is 7.19. The van der Waals surface area contributed by atoms with E-state index in [-0.39, 0.29) is 11.5 Å². The third-order valence-electron chi connectivity index (χ3n) is 3.58. The quantitative estimate of drug-likeness (QED) is 0.823. The molecule has 0 spiro atoms. The molecule has 3 nitrogen and oxygen atoms in total. The first-order valence-corrected chi connectivity index (χ1v) is 7.19. The summed E-state index contributed by atoms with van der Waals surface area (Å²) < 4.78 is 0. The number of phenolic OH excluding ortho intramolecular Hbond substituents is 1. The van der Waals surface area contributed by atoms with Gasteiger partial charge in [-0.05, 0) is 37.2 Å². The first kappa shape index (κ1) is 15.3. The van der Waals surface area contributed by atoms with E-state index in [1.807, 2.05) is 18.2 Å². The van der Waals surface area contributed by atoms with Gasteiger partial charge < -0.3 is 5.11 Å². The SMILES string of the molecule is CCN(Cc1ccccc1)Cc1cc(C(C)=O)ccc1O. The number of Topliss-reactive ketones (excluding diaryl/α,β-unsaturated/α-hetero) is 1. The molecule has 2 aromatic carbocycles. The highest BCUT2D eigenvalue weighted by molar-refractivity contribution is 5.94. The predicted molar refractivity (Wildman–Crippen MR) is 84.3 cm³/mol. The summed E-state index contributed by atoms with van der Waals surface area (Å²) in [6, 6.07) is 15.3. The van der Waals surface area contributed by atoms with Gasteiger partial charge in [-0.3, -0.25) is 9.69 Å². The van der Waals surface area contributed by atoms with Crippen LogP contribution in [-0.4, -0.2) is 22.3 Å². The number of hydrogen-bond donors (Lipinski definition) is 1. The topological polar surface area (TPSA) is 40.5 Å². The van der Waals surface area contributed by atoms with Gasteiger partial charge in [0.2, 0.25) is 0 Å². The Morgan fingerprint density at radius 3 is 2.43 bits per heavy atom. The zero-order valence-corrected chi connectivity index (χ0v) is 12.5. The van der Waals surface area contributed by atoms with Crippen LogP contribution in [0.15, 0.2) is 48.5 Å². The van der Waals surface area contributed by atoms with E-state index in [4.69, 9.17) is 0 Å². The Morgan fingerprint density at radius 2 is 1.81 bits per heavy atom. The van der Waals surface area contributed by atoms with Crippen LogP contribution in [0.4, 0.5) is 0 Å². The second-order valence-corrected chi connectivity index (χ2v) is 5.19. The molecule has 2 aromatic rings. The molecule has 0 bridgehead atoms. The van der Waals surface area contributed by atoms with E-state index in [1.54, 1.807) is 18.2 Å². The number of ketones is 1. The number of nitrogens with zero attached hydrogens (tertiary/aromatic N) is 1. The Kier molecular flexibility index (Phi) is 5.12. The summed E-state index contributed by atoms with van der Waals surface area (Å²) in [5.41, 5.74) is 2.67. The van der Waals surface area contributed by atoms with E-state index in [1.165, 1.54) is 12.5 Å². The number of carbonyl (C=O) groups is 1. The average Bonchev–Trinajstić information content (AvgIpc) is 2.49. The second kappa shape index (κ2) is 7.04. The maximum absolute atomic E-state index is 11.5. The van der Waals surface area contributed by atoms with E-state index < -0.39 is 0 Å². The molecule has 0 atom stereocenters. The van der Waals surface area contributed by atoms with Gasteiger partial charge in [0.25, 0.3) is 0 Å². The van der Waals surface area contributed by atoms with Crippen LogP contribution in [0.5, 0.6) is 5.75 Å². The van der Waals surface area contributed by atoms with Crippen LogP contribution in [0.3, 0.4) is 0 Å². The highest BCUT2D eigenvalue weighted by atomic mass is 16.3. The highest BCUT2D eigenvalue weighted by Crippen LogP contribution is 2.21. The smallest absolute Gasteiger partial charge is 0.159 e. The summed E-state index contributed by atoms with van der Waals surface area (Å²) in [6.07, 6.45) is 0. The maximum Gasteiger partial charge on any atom is 0.159 e. The van der Waals surface area contributed by atoms with Gasteiger partial charge in [0.15, 0.2) is 5.78 Å². The van der Waals surface area contributed by atoms with Gasteiger partial charge in [0.05, 0.1) is 0 Å². The van der Waals surface area contributed by atoms with Crippen LogP contribution in [-0.2, 0) is 13.1 Å². The van der Waals surface area contributed by atoms with Crippen LogP contribution in [0.1, 0.15) is 35.3 Å². The number of phenols is 1. The van der Waals surface area contributed by atoms with Gasteiger partial charge in [0.1, 0.15) is 5.75 Å². The number of carbonyl (C=O) groups excluding carboxylic acids is 1. The second-order valence-electron chi connectivity index (χ2n) is 5.19. The van der Waals surface area contributed by atoms with Crippen LogP contribution < -0.4 is 0 Å². The molecule has 0 saturated carbocycles. The van der Waals surface area contributed by atoms with Gasteiger partial charge in [0, 0.05) is 24.2 Å². The lowest BCUT2D eigenvalue weighted by molar-refractivity contribution is 0.101. The van der Waals surface area contributed by atoms with Crippen molar-refractivity contribution < 1.29 is 9.90 Å². The van der Waals surface area contributed by atoms with Crippen LogP contribution in [0, 0.1) is 0 Å². The third-order valence-corrected chi connectivity index (χ3v) is 3.58. The van der Waals surface area contributed by atoms with Crippen molar-refractivity contribution in [2.24, 2.45) is 0 Å². The molecule has 0 radical (unpaired) electrons.